The predicted octanol–water partition coefficient (Wildman–Crippen LogP) is 4.10. The van der Waals surface area contributed by atoms with Gasteiger partial charge in [0.25, 0.3) is 5.91 Å². The van der Waals surface area contributed by atoms with E-state index in [2.05, 4.69) is 14.5 Å². The van der Waals surface area contributed by atoms with Crippen molar-refractivity contribution in [3.63, 3.8) is 0 Å². The Bertz CT molecular complexity index is 990. The van der Waals surface area contributed by atoms with Crippen LogP contribution in [0.4, 0.5) is 0 Å². The van der Waals surface area contributed by atoms with E-state index in [4.69, 9.17) is 11.6 Å². The van der Waals surface area contributed by atoms with Crippen LogP contribution in [0.2, 0.25) is 5.02 Å². The van der Waals surface area contributed by atoms with Crippen molar-refractivity contribution < 1.29 is 4.79 Å². The van der Waals surface area contributed by atoms with E-state index in [1.54, 1.807) is 0 Å². The summed E-state index contributed by atoms with van der Waals surface area (Å²) in [6.45, 7) is 8.19. The van der Waals surface area contributed by atoms with Gasteiger partial charge in [0.1, 0.15) is 0 Å². The molecular formula is C23H25ClN4O. The molecule has 1 aromatic carbocycles. The van der Waals surface area contributed by atoms with E-state index in [1.807, 2.05) is 73.6 Å². The molecule has 3 heterocycles. The van der Waals surface area contributed by atoms with Crippen molar-refractivity contribution in [2.24, 2.45) is 0 Å². The molecule has 0 radical (unpaired) electrons. The Balaban J connectivity index is 1.45. The van der Waals surface area contributed by atoms with Gasteiger partial charge in [-0.25, -0.2) is 0 Å². The van der Waals surface area contributed by atoms with E-state index in [0.29, 0.717) is 5.02 Å². The Morgan fingerprint density at radius 2 is 1.66 bits per heavy atom. The number of benzene rings is 1. The van der Waals surface area contributed by atoms with Crippen LogP contribution in [0, 0.1) is 13.8 Å². The number of hydrogen-bond acceptors (Lipinski definition) is 3. The third kappa shape index (κ3) is 4.21. The van der Waals surface area contributed by atoms with Crippen LogP contribution < -0.4 is 0 Å². The molecule has 3 aromatic rings. The van der Waals surface area contributed by atoms with Crippen LogP contribution in [0.1, 0.15) is 27.3 Å². The highest BCUT2D eigenvalue weighted by Gasteiger charge is 2.25. The number of rotatable bonds is 4. The molecular weight excluding hydrogens is 384 g/mol. The molecule has 0 spiro atoms. The van der Waals surface area contributed by atoms with E-state index in [0.717, 1.165) is 55.4 Å². The van der Waals surface area contributed by atoms with Crippen molar-refractivity contribution in [3.8, 4) is 5.69 Å². The van der Waals surface area contributed by atoms with Crippen LogP contribution in [-0.4, -0.2) is 51.4 Å². The third-order valence-corrected chi connectivity index (χ3v) is 5.81. The minimum Gasteiger partial charge on any atom is -0.336 e. The number of aryl methyl sites for hydroxylation is 1. The lowest BCUT2D eigenvalue weighted by Gasteiger charge is -2.34. The summed E-state index contributed by atoms with van der Waals surface area (Å²) in [5.41, 5.74) is 5.07. The number of carbonyl (C=O) groups is 1. The van der Waals surface area contributed by atoms with Gasteiger partial charge >= 0.3 is 0 Å². The molecule has 1 aliphatic heterocycles. The lowest BCUT2D eigenvalue weighted by Crippen LogP contribution is -2.48. The maximum atomic E-state index is 13.2. The maximum absolute atomic E-state index is 13.2. The number of carbonyl (C=O) groups excluding carboxylic acids is 1. The molecule has 1 amide bonds. The van der Waals surface area contributed by atoms with Gasteiger partial charge in [0.15, 0.2) is 0 Å². The van der Waals surface area contributed by atoms with Crippen molar-refractivity contribution in [3.05, 3.63) is 82.4 Å². The minimum atomic E-state index is 0.113. The first-order chi connectivity index (χ1) is 14.0. The Morgan fingerprint density at radius 1 is 1.00 bits per heavy atom. The zero-order valence-electron chi connectivity index (χ0n) is 16.8. The summed E-state index contributed by atoms with van der Waals surface area (Å²) < 4.78 is 2.11. The van der Waals surface area contributed by atoms with Gasteiger partial charge in [0.2, 0.25) is 0 Å². The van der Waals surface area contributed by atoms with E-state index in [1.165, 1.54) is 5.56 Å². The van der Waals surface area contributed by atoms with Gasteiger partial charge in [0.05, 0.1) is 5.56 Å². The molecule has 2 aromatic heterocycles. The van der Waals surface area contributed by atoms with Gasteiger partial charge in [-0.05, 0) is 61.9 Å². The van der Waals surface area contributed by atoms with Gasteiger partial charge in [-0.15, -0.1) is 0 Å². The first kappa shape index (κ1) is 19.7. The average molecular weight is 409 g/mol. The molecule has 1 saturated heterocycles. The van der Waals surface area contributed by atoms with Crippen LogP contribution in [0.15, 0.2) is 54.9 Å². The number of pyridine rings is 1. The van der Waals surface area contributed by atoms with Crippen molar-refractivity contribution in [1.29, 1.82) is 0 Å². The second-order valence-electron chi connectivity index (χ2n) is 7.52. The minimum absolute atomic E-state index is 0.113. The highest BCUT2D eigenvalue weighted by molar-refractivity contribution is 6.30. The summed E-state index contributed by atoms with van der Waals surface area (Å²) in [6, 6.07) is 13.8. The van der Waals surface area contributed by atoms with E-state index >= 15 is 0 Å². The summed E-state index contributed by atoms with van der Waals surface area (Å²) in [5.74, 6) is 0.113. The van der Waals surface area contributed by atoms with Crippen LogP contribution in [0.25, 0.3) is 5.69 Å². The van der Waals surface area contributed by atoms with E-state index in [-0.39, 0.29) is 5.91 Å². The molecule has 0 N–H and O–H groups in total. The van der Waals surface area contributed by atoms with Gasteiger partial charge in [-0.1, -0.05) is 11.6 Å². The summed E-state index contributed by atoms with van der Waals surface area (Å²) in [5, 5.41) is 0.706. The summed E-state index contributed by atoms with van der Waals surface area (Å²) >= 11 is 6.02. The smallest absolute Gasteiger partial charge is 0.255 e. The second kappa shape index (κ2) is 8.39. The average Bonchev–Trinajstić information content (AvgIpc) is 3.04. The summed E-state index contributed by atoms with van der Waals surface area (Å²) in [6.07, 6.45) is 3.65. The fourth-order valence-electron chi connectivity index (χ4n) is 3.99. The van der Waals surface area contributed by atoms with Crippen molar-refractivity contribution >= 4 is 17.5 Å². The van der Waals surface area contributed by atoms with Crippen molar-refractivity contribution in [2.45, 2.75) is 20.4 Å². The highest BCUT2D eigenvalue weighted by Crippen LogP contribution is 2.24. The highest BCUT2D eigenvalue weighted by atomic mass is 35.5. The Morgan fingerprint density at radius 3 is 2.31 bits per heavy atom. The number of piperazine rings is 1. The van der Waals surface area contributed by atoms with Crippen molar-refractivity contribution in [2.75, 3.05) is 26.2 Å². The Labute approximate surface area is 176 Å². The third-order valence-electron chi connectivity index (χ3n) is 5.56. The molecule has 1 aliphatic rings. The van der Waals surface area contributed by atoms with E-state index < -0.39 is 0 Å². The first-order valence-corrected chi connectivity index (χ1v) is 10.3. The predicted molar refractivity (Wildman–Crippen MR) is 116 cm³/mol. The second-order valence-corrected chi connectivity index (χ2v) is 7.96. The Hall–Kier alpha value is -2.63. The number of halogens is 1. The molecule has 5 nitrogen and oxygen atoms in total. The lowest BCUT2D eigenvalue weighted by molar-refractivity contribution is 0.0628. The maximum Gasteiger partial charge on any atom is 0.255 e. The molecule has 4 rings (SSSR count). The van der Waals surface area contributed by atoms with Crippen LogP contribution in [0.5, 0.6) is 0 Å². The van der Waals surface area contributed by atoms with Crippen molar-refractivity contribution in [1.82, 2.24) is 19.4 Å². The van der Waals surface area contributed by atoms with Gasteiger partial charge < -0.3 is 9.47 Å². The molecule has 6 heteroatoms. The molecule has 0 unspecified atom stereocenters. The molecule has 1 fully saturated rings. The largest absolute Gasteiger partial charge is 0.336 e. The molecule has 0 saturated carbocycles. The quantitative estimate of drug-likeness (QED) is 0.652. The number of amides is 1. The summed E-state index contributed by atoms with van der Waals surface area (Å²) in [7, 11) is 0. The molecule has 0 atom stereocenters. The fourth-order valence-corrected chi connectivity index (χ4v) is 4.12. The van der Waals surface area contributed by atoms with E-state index in [9.17, 15) is 4.79 Å². The zero-order chi connectivity index (χ0) is 20.4. The zero-order valence-corrected chi connectivity index (χ0v) is 17.6. The SMILES string of the molecule is Cc1cc(C(=O)N2CCN(Cc3ccncc3)CC2)c(C)n1-c1ccc(Cl)cc1. The van der Waals surface area contributed by atoms with Gasteiger partial charge in [0, 0.05) is 67.2 Å². The number of hydrogen-bond donors (Lipinski definition) is 0. The Kier molecular flexibility index (Phi) is 5.69. The normalized spacial score (nSPS) is 14.9. The molecule has 150 valence electrons. The van der Waals surface area contributed by atoms with Crippen LogP contribution >= 0.6 is 11.6 Å². The molecule has 0 bridgehead atoms. The monoisotopic (exact) mass is 408 g/mol. The fraction of sp³-hybridized carbons (Fsp3) is 0.304. The number of nitrogens with zero attached hydrogens (tertiary/aromatic N) is 4. The molecule has 0 aliphatic carbocycles. The number of aromatic nitrogens is 2. The lowest BCUT2D eigenvalue weighted by atomic mass is 10.2. The first-order valence-electron chi connectivity index (χ1n) is 9.88. The van der Waals surface area contributed by atoms with Crippen LogP contribution in [-0.2, 0) is 6.54 Å². The summed E-state index contributed by atoms with van der Waals surface area (Å²) in [4.78, 5) is 21.6. The molecule has 29 heavy (non-hydrogen) atoms. The van der Waals surface area contributed by atoms with Crippen LogP contribution in [0.3, 0.4) is 0 Å². The van der Waals surface area contributed by atoms with Gasteiger partial charge in [-0.3, -0.25) is 14.7 Å². The van der Waals surface area contributed by atoms with Gasteiger partial charge in [-0.2, -0.15) is 0 Å². The standard InChI is InChI=1S/C23H25ClN4O/c1-17-15-22(18(2)28(17)21-5-3-20(24)4-6-21)23(29)27-13-11-26(12-14-27)16-19-7-9-25-10-8-19/h3-10,15H,11-14,16H2,1-2H3. The topological polar surface area (TPSA) is 41.4 Å².